The van der Waals surface area contributed by atoms with Crippen LogP contribution in [0.25, 0.3) is 0 Å². The van der Waals surface area contributed by atoms with Gasteiger partial charge in [-0.1, -0.05) is 108 Å². The molecule has 5 nitrogen and oxygen atoms in total. The van der Waals surface area contributed by atoms with E-state index in [1.165, 1.54) is 70.6 Å². The van der Waals surface area contributed by atoms with Gasteiger partial charge in [-0.15, -0.1) is 0 Å². The number of hydrogen-bond donors (Lipinski definition) is 1. The van der Waals surface area contributed by atoms with Crippen LogP contribution in [0.15, 0.2) is 73.1 Å². The van der Waals surface area contributed by atoms with Crippen LogP contribution in [0.2, 0.25) is 0 Å². The molecule has 40 heavy (non-hydrogen) atoms. The van der Waals surface area contributed by atoms with Crippen molar-refractivity contribution in [1.82, 2.24) is 0 Å². The predicted octanol–water partition coefficient (Wildman–Crippen LogP) is 8.29. The highest BCUT2D eigenvalue weighted by atomic mass is 16.5. The van der Waals surface area contributed by atoms with Crippen LogP contribution >= 0.6 is 0 Å². The molecule has 1 aromatic heterocycles. The summed E-state index contributed by atoms with van der Waals surface area (Å²) < 4.78 is 13.7. The second kappa shape index (κ2) is 18.9. The van der Waals surface area contributed by atoms with E-state index in [4.69, 9.17) is 9.47 Å². The highest BCUT2D eigenvalue weighted by Gasteiger charge is 2.14. The molecule has 0 bridgehead atoms. The number of unbranched alkanes of at least 4 members (excludes halogenated alkanes) is 11. The van der Waals surface area contributed by atoms with E-state index in [-0.39, 0.29) is 12.3 Å². The van der Waals surface area contributed by atoms with Crippen LogP contribution in [-0.2, 0) is 17.8 Å². The van der Waals surface area contributed by atoms with Crippen molar-refractivity contribution in [2.75, 3.05) is 19.0 Å². The molecule has 0 aliphatic rings. The summed E-state index contributed by atoms with van der Waals surface area (Å²) in [7, 11) is 1.65. The largest absolute Gasteiger partial charge is 0.497 e. The molecule has 0 saturated carbocycles. The summed E-state index contributed by atoms with van der Waals surface area (Å²) in [5.74, 6) is 1.40. The number of ether oxygens (including phenoxy) is 2. The molecule has 1 N–H and O–H groups in total. The third kappa shape index (κ3) is 11.8. The van der Waals surface area contributed by atoms with Gasteiger partial charge < -0.3 is 14.8 Å². The number of hydrogen-bond acceptors (Lipinski definition) is 3. The Labute approximate surface area is 241 Å². The van der Waals surface area contributed by atoms with Crippen molar-refractivity contribution in [2.45, 2.75) is 96.9 Å². The van der Waals surface area contributed by atoms with Crippen LogP contribution < -0.4 is 19.4 Å². The Hall–Kier alpha value is -3.34. The predicted molar refractivity (Wildman–Crippen MR) is 164 cm³/mol. The van der Waals surface area contributed by atoms with E-state index in [9.17, 15) is 4.79 Å². The maximum Gasteiger partial charge on any atom is 0.228 e. The third-order valence-corrected chi connectivity index (χ3v) is 7.30. The van der Waals surface area contributed by atoms with Gasteiger partial charge in [0.2, 0.25) is 5.91 Å². The number of para-hydroxylation sites is 1. The second-order valence-corrected chi connectivity index (χ2v) is 10.6. The Balaban J connectivity index is 1.43. The molecule has 3 aromatic rings. The van der Waals surface area contributed by atoms with E-state index in [2.05, 4.69) is 16.8 Å². The Kier molecular flexibility index (Phi) is 14.7. The summed E-state index contributed by atoms with van der Waals surface area (Å²) in [5, 5.41) is 3.11. The molecule has 0 aliphatic carbocycles. The van der Waals surface area contributed by atoms with Gasteiger partial charge in [0.1, 0.15) is 11.5 Å². The highest BCUT2D eigenvalue weighted by molar-refractivity contribution is 5.93. The quantitative estimate of drug-likeness (QED) is 0.115. The number of benzene rings is 2. The first-order valence-electron chi connectivity index (χ1n) is 15.3. The van der Waals surface area contributed by atoms with Crippen molar-refractivity contribution in [3.63, 3.8) is 0 Å². The lowest BCUT2D eigenvalue weighted by Crippen LogP contribution is -2.33. The molecular formula is C35H49N2O3+. The molecule has 2 aromatic carbocycles. The Bertz CT molecular complexity index is 1120. The summed E-state index contributed by atoms with van der Waals surface area (Å²) >= 11 is 0. The molecule has 216 valence electrons. The molecule has 3 rings (SSSR count). The molecular weight excluding hydrogens is 496 g/mol. The van der Waals surface area contributed by atoms with Crippen LogP contribution in [0, 0.1) is 0 Å². The Morgan fingerprint density at radius 3 is 2.08 bits per heavy atom. The summed E-state index contributed by atoms with van der Waals surface area (Å²) in [4.78, 5) is 13.1. The fourth-order valence-corrected chi connectivity index (χ4v) is 4.95. The van der Waals surface area contributed by atoms with Crippen molar-refractivity contribution in [1.29, 1.82) is 0 Å². The van der Waals surface area contributed by atoms with Gasteiger partial charge in [0.05, 0.1) is 25.8 Å². The molecule has 0 atom stereocenters. The third-order valence-electron chi connectivity index (χ3n) is 7.30. The normalized spacial score (nSPS) is 10.8. The van der Waals surface area contributed by atoms with Crippen LogP contribution in [0.5, 0.6) is 11.5 Å². The van der Waals surface area contributed by atoms with Gasteiger partial charge >= 0.3 is 0 Å². The number of pyridine rings is 1. The van der Waals surface area contributed by atoms with Crippen molar-refractivity contribution >= 4 is 11.6 Å². The van der Waals surface area contributed by atoms with Crippen molar-refractivity contribution in [3.05, 3.63) is 84.2 Å². The average Bonchev–Trinajstić information content (AvgIpc) is 2.97. The minimum Gasteiger partial charge on any atom is -0.497 e. The molecule has 0 radical (unpaired) electrons. The Morgan fingerprint density at radius 1 is 0.750 bits per heavy atom. The summed E-state index contributed by atoms with van der Waals surface area (Å²) in [6.07, 6.45) is 20.1. The minimum atomic E-state index is -0.0640. The van der Waals surface area contributed by atoms with E-state index in [1.54, 1.807) is 7.11 Å². The summed E-state index contributed by atoms with van der Waals surface area (Å²) in [6.45, 7) is 3.61. The highest BCUT2D eigenvalue weighted by Crippen LogP contribution is 2.26. The zero-order valence-electron chi connectivity index (χ0n) is 24.7. The van der Waals surface area contributed by atoms with Crippen molar-refractivity contribution in [2.24, 2.45) is 0 Å². The number of anilines is 1. The Morgan fingerprint density at radius 2 is 1.40 bits per heavy atom. The smallest absolute Gasteiger partial charge is 0.228 e. The molecule has 0 spiro atoms. The van der Waals surface area contributed by atoms with Crippen molar-refractivity contribution < 1.29 is 18.8 Å². The standard InChI is InChI=1S/C35H48N2O3/c1-3-4-5-6-7-8-9-10-11-12-13-19-26-40-34-28-32(39-2)23-22-30(34)27-35(38)36-33-21-16-15-20-31(33)29-37-24-17-14-18-25-37/h14-18,20-25,28H,3-13,19,26-27,29H2,1-2H3/p+1. The summed E-state index contributed by atoms with van der Waals surface area (Å²) in [5.41, 5.74) is 2.76. The number of aromatic nitrogens is 1. The number of methoxy groups -OCH3 is 1. The first-order valence-corrected chi connectivity index (χ1v) is 15.3. The molecule has 1 amide bonds. The van der Waals surface area contributed by atoms with Gasteiger partial charge in [0.15, 0.2) is 18.9 Å². The van der Waals surface area contributed by atoms with Crippen LogP contribution in [0.3, 0.4) is 0 Å². The van der Waals surface area contributed by atoms with Crippen LogP contribution in [0.4, 0.5) is 5.69 Å². The van der Waals surface area contributed by atoms with Gasteiger partial charge in [0.25, 0.3) is 0 Å². The first kappa shape index (κ1) is 31.2. The zero-order chi connectivity index (χ0) is 28.3. The molecule has 0 saturated heterocycles. The maximum absolute atomic E-state index is 13.1. The number of rotatable bonds is 20. The topological polar surface area (TPSA) is 51.4 Å². The average molecular weight is 546 g/mol. The number of nitrogens with one attached hydrogen (secondary N) is 1. The van der Waals surface area contributed by atoms with E-state index in [1.807, 2.05) is 73.1 Å². The lowest BCUT2D eigenvalue weighted by molar-refractivity contribution is -0.688. The number of nitrogens with zero attached hydrogens (tertiary/aromatic N) is 1. The fraction of sp³-hybridized carbons (Fsp3) is 0.486. The second-order valence-electron chi connectivity index (χ2n) is 10.6. The maximum atomic E-state index is 13.1. The fourth-order valence-electron chi connectivity index (χ4n) is 4.95. The van der Waals surface area contributed by atoms with E-state index >= 15 is 0 Å². The SMILES string of the molecule is CCCCCCCCCCCCCCOc1cc(OC)ccc1CC(=O)Nc1ccccc1C[n+]1ccccc1. The molecule has 5 heteroatoms. The van der Waals surface area contributed by atoms with E-state index in [0.717, 1.165) is 34.7 Å². The van der Waals surface area contributed by atoms with Crippen LogP contribution in [0.1, 0.15) is 95.1 Å². The van der Waals surface area contributed by atoms with E-state index in [0.29, 0.717) is 13.2 Å². The lowest BCUT2D eigenvalue weighted by Gasteiger charge is -2.14. The number of carbonyl (C=O) groups is 1. The van der Waals surface area contributed by atoms with E-state index < -0.39 is 0 Å². The van der Waals surface area contributed by atoms with Gasteiger partial charge in [0, 0.05) is 29.3 Å². The lowest BCUT2D eigenvalue weighted by atomic mass is 10.1. The molecule has 1 heterocycles. The number of amides is 1. The van der Waals surface area contributed by atoms with Gasteiger partial charge in [-0.25, -0.2) is 4.57 Å². The van der Waals surface area contributed by atoms with Crippen LogP contribution in [-0.4, -0.2) is 19.6 Å². The molecule has 0 unspecified atom stereocenters. The monoisotopic (exact) mass is 545 g/mol. The molecule has 0 fully saturated rings. The minimum absolute atomic E-state index is 0.0640. The molecule has 0 aliphatic heterocycles. The van der Waals surface area contributed by atoms with Gasteiger partial charge in [-0.2, -0.15) is 0 Å². The zero-order valence-corrected chi connectivity index (χ0v) is 24.7. The van der Waals surface area contributed by atoms with Gasteiger partial charge in [-0.05, 0) is 18.6 Å². The summed E-state index contributed by atoms with van der Waals surface area (Å²) in [6, 6.07) is 19.7. The number of carbonyl (C=O) groups excluding carboxylic acids is 1. The van der Waals surface area contributed by atoms with Gasteiger partial charge in [-0.3, -0.25) is 4.79 Å². The first-order chi connectivity index (χ1) is 19.7. The van der Waals surface area contributed by atoms with Crippen molar-refractivity contribution in [3.8, 4) is 11.5 Å².